The average molecular weight is 476 g/mol. The maximum Gasteiger partial charge on any atom is 0.253 e. The summed E-state index contributed by atoms with van der Waals surface area (Å²) in [5, 5.41) is 10.4. The molecule has 1 aliphatic rings. The lowest BCUT2D eigenvalue weighted by Crippen LogP contribution is -2.56. The van der Waals surface area contributed by atoms with Gasteiger partial charge in [0.25, 0.3) is 5.91 Å². The molecule has 0 bridgehead atoms. The van der Waals surface area contributed by atoms with Crippen LogP contribution in [0.4, 0.5) is 4.39 Å². The molecule has 1 N–H and O–H groups in total. The highest BCUT2D eigenvalue weighted by molar-refractivity contribution is 5.83. The van der Waals surface area contributed by atoms with Gasteiger partial charge in [0.2, 0.25) is 0 Å². The zero-order valence-electron chi connectivity index (χ0n) is 20.7. The van der Waals surface area contributed by atoms with Gasteiger partial charge < -0.3 is 14.7 Å². The number of rotatable bonds is 8. The van der Waals surface area contributed by atoms with E-state index < -0.39 is 12.2 Å². The van der Waals surface area contributed by atoms with Crippen LogP contribution in [0.3, 0.4) is 0 Å². The first kappa shape index (κ1) is 25.1. The van der Waals surface area contributed by atoms with Gasteiger partial charge in [-0.3, -0.25) is 4.79 Å². The molecule has 0 saturated carbocycles. The van der Waals surface area contributed by atoms with E-state index in [-0.39, 0.29) is 30.4 Å². The molecule has 3 aromatic carbocycles. The maximum absolute atomic E-state index is 14.0. The number of hydrogen-bond donors (Lipinski definition) is 1. The summed E-state index contributed by atoms with van der Waals surface area (Å²) in [4.78, 5) is 15.8. The summed E-state index contributed by atoms with van der Waals surface area (Å²) in [6, 6.07) is 21.9. The van der Waals surface area contributed by atoms with E-state index in [0.29, 0.717) is 12.8 Å². The van der Waals surface area contributed by atoms with Crippen molar-refractivity contribution in [3.63, 3.8) is 0 Å². The molecule has 3 aromatic rings. The van der Waals surface area contributed by atoms with Crippen LogP contribution in [-0.4, -0.2) is 34.7 Å². The van der Waals surface area contributed by atoms with E-state index in [2.05, 4.69) is 31.2 Å². The first-order chi connectivity index (χ1) is 16.9. The van der Waals surface area contributed by atoms with E-state index in [0.717, 1.165) is 34.2 Å². The van der Waals surface area contributed by atoms with Crippen LogP contribution < -0.4 is 0 Å². The average Bonchev–Trinajstić information content (AvgIpc) is 2.86. The van der Waals surface area contributed by atoms with Gasteiger partial charge in [0, 0.05) is 6.42 Å². The Balaban J connectivity index is 1.81. The van der Waals surface area contributed by atoms with E-state index in [9.17, 15) is 14.3 Å². The molecule has 4 atom stereocenters. The molecule has 4 unspecified atom stereocenters. The minimum atomic E-state index is -0.737. The van der Waals surface area contributed by atoms with Crippen molar-refractivity contribution in [2.24, 2.45) is 0 Å². The van der Waals surface area contributed by atoms with Gasteiger partial charge in [-0.05, 0) is 49.1 Å². The summed E-state index contributed by atoms with van der Waals surface area (Å²) in [6.45, 7) is 6.01. The normalized spacial score (nSPS) is 21.2. The Morgan fingerprint density at radius 3 is 2.03 bits per heavy atom. The summed E-state index contributed by atoms with van der Waals surface area (Å²) < 4.78 is 20.1. The molecular weight excluding hydrogens is 441 g/mol. The Kier molecular flexibility index (Phi) is 7.99. The quantitative estimate of drug-likeness (QED) is 0.444. The number of carbonyl (C=O) groups excluding carboxylic acids is 1. The Morgan fingerprint density at radius 2 is 1.49 bits per heavy atom. The van der Waals surface area contributed by atoms with Crippen molar-refractivity contribution in [3.05, 3.63) is 106 Å². The number of ether oxygens (including phenoxy) is 1. The highest BCUT2D eigenvalue weighted by Crippen LogP contribution is 2.44. The number of nitrogens with zero attached hydrogens (tertiary/aromatic N) is 1. The third-order valence-electron chi connectivity index (χ3n) is 6.81. The Bertz CT molecular complexity index is 1110. The fourth-order valence-electron chi connectivity index (χ4n) is 4.90. The van der Waals surface area contributed by atoms with Crippen LogP contribution in [0.1, 0.15) is 59.7 Å². The number of aliphatic hydroxyl groups is 1. The van der Waals surface area contributed by atoms with E-state index in [1.807, 2.05) is 43.0 Å². The SMILES string of the molecule is CCCC(CO)N1C(=O)C(Cc2ccc(F)cc2)OC(c2ccc(C)cc2)C1c1ccc(C)cc1. The van der Waals surface area contributed by atoms with Gasteiger partial charge in [0.1, 0.15) is 18.0 Å². The van der Waals surface area contributed by atoms with Crippen LogP contribution in [0, 0.1) is 19.7 Å². The smallest absolute Gasteiger partial charge is 0.253 e. The lowest BCUT2D eigenvalue weighted by molar-refractivity contribution is -0.181. The van der Waals surface area contributed by atoms with Crippen molar-refractivity contribution in [1.82, 2.24) is 4.90 Å². The van der Waals surface area contributed by atoms with Crippen molar-refractivity contribution in [3.8, 4) is 0 Å². The highest BCUT2D eigenvalue weighted by Gasteiger charge is 2.46. The molecule has 4 rings (SSSR count). The summed E-state index contributed by atoms with van der Waals surface area (Å²) in [5.41, 5.74) is 5.07. The summed E-state index contributed by atoms with van der Waals surface area (Å²) in [6.07, 6.45) is 0.720. The predicted octanol–water partition coefficient (Wildman–Crippen LogP) is 5.86. The third-order valence-corrected chi connectivity index (χ3v) is 6.81. The molecule has 0 aromatic heterocycles. The van der Waals surface area contributed by atoms with E-state index in [1.165, 1.54) is 12.1 Å². The largest absolute Gasteiger partial charge is 0.394 e. The standard InChI is InChI=1S/C30H34FNO3/c1-4-5-26(19-33)32-28(23-12-6-20(2)7-13-23)29(24-14-8-21(3)9-15-24)35-27(30(32)34)18-22-10-16-25(31)17-11-22/h6-17,26-29,33H,4-5,18-19H2,1-3H3. The lowest BCUT2D eigenvalue weighted by atomic mass is 9.88. The van der Waals surface area contributed by atoms with Crippen LogP contribution in [0.2, 0.25) is 0 Å². The molecule has 0 radical (unpaired) electrons. The number of amides is 1. The molecule has 1 amide bonds. The molecule has 35 heavy (non-hydrogen) atoms. The number of morpholine rings is 1. The van der Waals surface area contributed by atoms with Crippen LogP contribution in [0.25, 0.3) is 0 Å². The number of aryl methyl sites for hydroxylation is 2. The molecule has 1 fully saturated rings. The summed E-state index contributed by atoms with van der Waals surface area (Å²) in [5.74, 6) is -0.456. The predicted molar refractivity (Wildman–Crippen MR) is 135 cm³/mol. The summed E-state index contributed by atoms with van der Waals surface area (Å²) >= 11 is 0. The van der Waals surface area contributed by atoms with E-state index in [1.54, 1.807) is 12.1 Å². The van der Waals surface area contributed by atoms with Crippen molar-refractivity contribution in [1.29, 1.82) is 0 Å². The van der Waals surface area contributed by atoms with Gasteiger partial charge >= 0.3 is 0 Å². The van der Waals surface area contributed by atoms with Crippen molar-refractivity contribution < 1.29 is 19.0 Å². The topological polar surface area (TPSA) is 49.8 Å². The molecule has 184 valence electrons. The van der Waals surface area contributed by atoms with Crippen LogP contribution in [0.15, 0.2) is 72.8 Å². The second kappa shape index (κ2) is 11.1. The molecule has 4 nitrogen and oxygen atoms in total. The third kappa shape index (κ3) is 5.63. The van der Waals surface area contributed by atoms with Crippen LogP contribution in [0.5, 0.6) is 0 Å². The van der Waals surface area contributed by atoms with Gasteiger partial charge in [-0.2, -0.15) is 0 Å². The number of hydrogen-bond acceptors (Lipinski definition) is 3. The molecule has 1 saturated heterocycles. The number of halogens is 1. The fraction of sp³-hybridized carbons (Fsp3) is 0.367. The number of aliphatic hydroxyl groups excluding tert-OH is 1. The second-order valence-corrected chi connectivity index (χ2v) is 9.51. The zero-order valence-corrected chi connectivity index (χ0v) is 20.7. The molecule has 0 aliphatic carbocycles. The van der Waals surface area contributed by atoms with Gasteiger partial charge in [-0.25, -0.2) is 4.39 Å². The van der Waals surface area contributed by atoms with E-state index >= 15 is 0 Å². The first-order valence-corrected chi connectivity index (χ1v) is 12.4. The molecule has 1 heterocycles. The maximum atomic E-state index is 14.0. The minimum Gasteiger partial charge on any atom is -0.394 e. The van der Waals surface area contributed by atoms with Crippen LogP contribution >= 0.6 is 0 Å². The van der Waals surface area contributed by atoms with Crippen LogP contribution in [-0.2, 0) is 16.0 Å². The Morgan fingerprint density at radius 1 is 0.914 bits per heavy atom. The zero-order chi connectivity index (χ0) is 24.9. The monoisotopic (exact) mass is 475 g/mol. The number of benzene rings is 3. The fourth-order valence-corrected chi connectivity index (χ4v) is 4.90. The summed E-state index contributed by atoms with van der Waals surface area (Å²) in [7, 11) is 0. The van der Waals surface area contributed by atoms with Gasteiger partial charge in [0.05, 0.1) is 18.7 Å². The number of carbonyl (C=O) groups is 1. The van der Waals surface area contributed by atoms with Crippen molar-refractivity contribution >= 4 is 5.91 Å². The first-order valence-electron chi connectivity index (χ1n) is 12.4. The Hall–Kier alpha value is -3.02. The molecular formula is C30H34FNO3. The van der Waals surface area contributed by atoms with Gasteiger partial charge in [0.15, 0.2) is 0 Å². The Labute approximate surface area is 207 Å². The minimum absolute atomic E-state index is 0.119. The highest BCUT2D eigenvalue weighted by atomic mass is 19.1. The lowest BCUT2D eigenvalue weighted by Gasteiger charge is -2.48. The van der Waals surface area contributed by atoms with E-state index in [4.69, 9.17) is 4.74 Å². The van der Waals surface area contributed by atoms with Gasteiger partial charge in [-0.15, -0.1) is 0 Å². The molecule has 5 heteroatoms. The van der Waals surface area contributed by atoms with Crippen molar-refractivity contribution in [2.75, 3.05) is 6.61 Å². The molecule has 0 spiro atoms. The molecule has 1 aliphatic heterocycles. The van der Waals surface area contributed by atoms with Gasteiger partial charge in [-0.1, -0.05) is 85.1 Å². The van der Waals surface area contributed by atoms with Crippen molar-refractivity contribution in [2.45, 2.75) is 64.3 Å². The second-order valence-electron chi connectivity index (χ2n) is 9.51.